The van der Waals surface area contributed by atoms with Crippen LogP contribution in [0.1, 0.15) is 13.3 Å². The Bertz CT molecular complexity index is 287. The van der Waals surface area contributed by atoms with Crippen LogP contribution in [0.3, 0.4) is 0 Å². The summed E-state index contributed by atoms with van der Waals surface area (Å²) in [7, 11) is 0. The van der Waals surface area contributed by atoms with E-state index < -0.39 is 0 Å². The highest BCUT2D eigenvalue weighted by atomic mass is 16.6. The van der Waals surface area contributed by atoms with Crippen LogP contribution in [0.2, 0.25) is 0 Å². The number of carbonyl (C=O) groups is 1. The Kier molecular flexibility index (Phi) is 5.25. The fraction of sp³-hybridized carbons (Fsp3) is 0.364. The summed E-state index contributed by atoms with van der Waals surface area (Å²) in [6.07, 6.45) is 0.287. The van der Waals surface area contributed by atoms with E-state index in [4.69, 9.17) is 9.57 Å². The predicted octanol–water partition coefficient (Wildman–Crippen LogP) is 1.52. The van der Waals surface area contributed by atoms with Gasteiger partial charge in [0, 0.05) is 0 Å². The number of benzene rings is 1. The number of para-hydroxylation sites is 1. The Balaban J connectivity index is 2.14. The van der Waals surface area contributed by atoms with Gasteiger partial charge >= 0.3 is 0 Å². The van der Waals surface area contributed by atoms with E-state index in [0.29, 0.717) is 13.2 Å². The van der Waals surface area contributed by atoms with Gasteiger partial charge in [-0.1, -0.05) is 18.2 Å². The van der Waals surface area contributed by atoms with Gasteiger partial charge in [0.1, 0.15) is 5.75 Å². The molecule has 0 radical (unpaired) electrons. The van der Waals surface area contributed by atoms with Crippen LogP contribution in [0.4, 0.5) is 0 Å². The number of rotatable bonds is 6. The molecule has 0 spiro atoms. The van der Waals surface area contributed by atoms with Gasteiger partial charge in [-0.05, 0) is 19.1 Å². The first kappa shape index (κ1) is 11.5. The molecule has 1 aromatic carbocycles. The minimum atomic E-state index is -0.173. The van der Waals surface area contributed by atoms with Crippen molar-refractivity contribution in [1.82, 2.24) is 5.48 Å². The molecule has 0 aliphatic rings. The lowest BCUT2D eigenvalue weighted by molar-refractivity contribution is -0.133. The minimum absolute atomic E-state index is 0.173. The molecule has 0 atom stereocenters. The lowest BCUT2D eigenvalue weighted by atomic mass is 10.3. The number of carbonyl (C=O) groups excluding carboxylic acids is 1. The van der Waals surface area contributed by atoms with E-state index >= 15 is 0 Å². The molecular weight excluding hydrogens is 194 g/mol. The monoisotopic (exact) mass is 209 g/mol. The van der Waals surface area contributed by atoms with Gasteiger partial charge in [0.25, 0.3) is 0 Å². The molecule has 0 saturated heterocycles. The van der Waals surface area contributed by atoms with E-state index in [9.17, 15) is 4.79 Å². The third-order valence-corrected chi connectivity index (χ3v) is 1.67. The van der Waals surface area contributed by atoms with E-state index in [0.717, 1.165) is 5.75 Å². The summed E-state index contributed by atoms with van der Waals surface area (Å²) < 4.78 is 5.34. The second kappa shape index (κ2) is 6.84. The largest absolute Gasteiger partial charge is 0.493 e. The van der Waals surface area contributed by atoms with Gasteiger partial charge in [0.05, 0.1) is 19.6 Å². The van der Waals surface area contributed by atoms with Gasteiger partial charge in [0.2, 0.25) is 5.91 Å². The van der Waals surface area contributed by atoms with Crippen molar-refractivity contribution < 1.29 is 14.4 Å². The van der Waals surface area contributed by atoms with Gasteiger partial charge in [-0.25, -0.2) is 5.48 Å². The summed E-state index contributed by atoms with van der Waals surface area (Å²) in [4.78, 5) is 15.8. The number of hydrogen-bond donors (Lipinski definition) is 1. The van der Waals surface area contributed by atoms with Gasteiger partial charge < -0.3 is 4.74 Å². The molecule has 1 aromatic rings. The normalized spacial score (nSPS) is 9.67. The lowest BCUT2D eigenvalue weighted by Crippen LogP contribution is -2.25. The molecule has 0 unspecified atom stereocenters. The van der Waals surface area contributed by atoms with Crippen LogP contribution in [-0.2, 0) is 9.63 Å². The molecule has 0 heterocycles. The van der Waals surface area contributed by atoms with E-state index in [2.05, 4.69) is 5.48 Å². The fourth-order valence-electron chi connectivity index (χ4n) is 0.982. The average Bonchev–Trinajstić information content (AvgIpc) is 2.28. The van der Waals surface area contributed by atoms with Crippen LogP contribution in [-0.4, -0.2) is 19.1 Å². The maximum Gasteiger partial charge on any atom is 0.246 e. The second-order valence-corrected chi connectivity index (χ2v) is 2.87. The van der Waals surface area contributed by atoms with Crippen molar-refractivity contribution in [2.45, 2.75) is 13.3 Å². The summed E-state index contributed by atoms with van der Waals surface area (Å²) in [6.45, 7) is 2.62. The topological polar surface area (TPSA) is 47.6 Å². The van der Waals surface area contributed by atoms with Crippen molar-refractivity contribution in [3.05, 3.63) is 30.3 Å². The molecular formula is C11H15NO3. The zero-order chi connectivity index (χ0) is 10.9. The van der Waals surface area contributed by atoms with Gasteiger partial charge in [-0.3, -0.25) is 9.63 Å². The molecule has 0 aliphatic heterocycles. The van der Waals surface area contributed by atoms with Crippen molar-refractivity contribution in [3.63, 3.8) is 0 Å². The molecule has 82 valence electrons. The molecule has 1 rings (SSSR count). The van der Waals surface area contributed by atoms with Crippen molar-refractivity contribution in [2.24, 2.45) is 0 Å². The highest BCUT2D eigenvalue weighted by Crippen LogP contribution is 2.08. The summed E-state index contributed by atoms with van der Waals surface area (Å²) in [5.74, 6) is 0.592. The average molecular weight is 209 g/mol. The molecule has 0 bridgehead atoms. The Morgan fingerprint density at radius 3 is 2.73 bits per heavy atom. The minimum Gasteiger partial charge on any atom is -0.493 e. The lowest BCUT2D eigenvalue weighted by Gasteiger charge is -2.06. The Labute approximate surface area is 89.1 Å². The van der Waals surface area contributed by atoms with Crippen molar-refractivity contribution in [2.75, 3.05) is 13.2 Å². The first-order valence-corrected chi connectivity index (χ1v) is 4.91. The summed E-state index contributed by atoms with van der Waals surface area (Å²) >= 11 is 0. The molecule has 1 N–H and O–H groups in total. The number of ether oxygens (including phenoxy) is 1. The molecule has 15 heavy (non-hydrogen) atoms. The summed E-state index contributed by atoms with van der Waals surface area (Å²) in [6, 6.07) is 9.38. The molecule has 4 nitrogen and oxygen atoms in total. The SMILES string of the molecule is CCONC(=O)CCOc1ccccc1. The van der Waals surface area contributed by atoms with Crippen molar-refractivity contribution in [1.29, 1.82) is 0 Å². The molecule has 0 saturated carbocycles. The third kappa shape index (κ3) is 5.02. The van der Waals surface area contributed by atoms with E-state index in [1.54, 1.807) is 6.92 Å². The zero-order valence-electron chi connectivity index (χ0n) is 8.73. The highest BCUT2D eigenvalue weighted by molar-refractivity contribution is 5.74. The Hall–Kier alpha value is -1.55. The summed E-state index contributed by atoms with van der Waals surface area (Å²) in [5.41, 5.74) is 2.30. The third-order valence-electron chi connectivity index (χ3n) is 1.67. The smallest absolute Gasteiger partial charge is 0.246 e. The van der Waals surface area contributed by atoms with Crippen LogP contribution in [0.5, 0.6) is 5.75 Å². The van der Waals surface area contributed by atoms with E-state index in [1.165, 1.54) is 0 Å². The second-order valence-electron chi connectivity index (χ2n) is 2.87. The Morgan fingerprint density at radius 2 is 2.07 bits per heavy atom. The summed E-state index contributed by atoms with van der Waals surface area (Å²) in [5, 5.41) is 0. The van der Waals surface area contributed by atoms with Gasteiger partial charge in [0.15, 0.2) is 0 Å². The first-order valence-electron chi connectivity index (χ1n) is 4.91. The standard InChI is InChI=1S/C11H15NO3/c1-2-15-12-11(13)8-9-14-10-6-4-3-5-7-10/h3-7H,2,8-9H2,1H3,(H,12,13). The number of hydrogen-bond acceptors (Lipinski definition) is 3. The predicted molar refractivity (Wildman–Crippen MR) is 56.3 cm³/mol. The molecule has 4 heteroatoms. The maximum atomic E-state index is 11.1. The van der Waals surface area contributed by atoms with Crippen LogP contribution in [0.25, 0.3) is 0 Å². The first-order chi connectivity index (χ1) is 7.33. The van der Waals surface area contributed by atoms with Crippen LogP contribution in [0.15, 0.2) is 30.3 Å². The molecule has 0 aromatic heterocycles. The molecule has 1 amide bonds. The van der Waals surface area contributed by atoms with E-state index in [-0.39, 0.29) is 12.3 Å². The van der Waals surface area contributed by atoms with Gasteiger partial charge in [-0.2, -0.15) is 0 Å². The van der Waals surface area contributed by atoms with Gasteiger partial charge in [-0.15, -0.1) is 0 Å². The van der Waals surface area contributed by atoms with E-state index in [1.807, 2.05) is 30.3 Å². The highest BCUT2D eigenvalue weighted by Gasteiger charge is 2.00. The number of amides is 1. The fourth-order valence-corrected chi connectivity index (χ4v) is 0.982. The van der Waals surface area contributed by atoms with Crippen molar-refractivity contribution in [3.8, 4) is 5.75 Å². The maximum absolute atomic E-state index is 11.1. The molecule has 0 fully saturated rings. The molecule has 0 aliphatic carbocycles. The zero-order valence-corrected chi connectivity index (χ0v) is 8.73. The van der Waals surface area contributed by atoms with Crippen LogP contribution in [0, 0.1) is 0 Å². The van der Waals surface area contributed by atoms with Crippen LogP contribution >= 0.6 is 0 Å². The van der Waals surface area contributed by atoms with Crippen molar-refractivity contribution >= 4 is 5.91 Å². The van der Waals surface area contributed by atoms with Crippen LogP contribution < -0.4 is 10.2 Å². The number of nitrogens with one attached hydrogen (secondary N) is 1. The Morgan fingerprint density at radius 1 is 1.33 bits per heavy atom. The number of hydroxylamine groups is 1. The quantitative estimate of drug-likeness (QED) is 0.723.